The third-order valence-corrected chi connectivity index (χ3v) is 4.32. The molecule has 0 radical (unpaired) electrons. The van der Waals surface area contributed by atoms with Gasteiger partial charge in [-0.15, -0.1) is 0 Å². The maximum absolute atomic E-state index is 13.0. The first-order valence-corrected chi connectivity index (χ1v) is 8.94. The second-order valence-corrected chi connectivity index (χ2v) is 6.38. The van der Waals surface area contributed by atoms with Crippen LogP contribution in [-0.4, -0.2) is 48.9 Å². The molecule has 0 heterocycles. The fourth-order valence-electron chi connectivity index (χ4n) is 2.63. The van der Waals surface area contributed by atoms with Crippen LogP contribution in [0.1, 0.15) is 35.8 Å². The van der Waals surface area contributed by atoms with Crippen molar-refractivity contribution in [3.05, 3.63) is 65.5 Å². The molecule has 0 unspecified atom stereocenters. The predicted molar refractivity (Wildman–Crippen MR) is 101 cm³/mol. The lowest BCUT2D eigenvalue weighted by Crippen LogP contribution is -2.34. The van der Waals surface area contributed by atoms with E-state index in [0.29, 0.717) is 24.5 Å². The normalized spacial score (nSPS) is 13.3. The van der Waals surface area contributed by atoms with E-state index in [1.807, 2.05) is 18.9 Å². The standard InChI is InChI=1S/C21H26FNO4/c1-4-26-21(25)17-7-11-20(12-8-17)27-14-19(24)13-23(3)15(2)16-5-9-18(22)10-6-16/h5-12,15,19,24H,4,13-14H2,1-3H3/t15-,19-/m0/s1. The van der Waals surface area contributed by atoms with Gasteiger partial charge in [0.15, 0.2) is 0 Å². The molecule has 6 heteroatoms. The highest BCUT2D eigenvalue weighted by Crippen LogP contribution is 2.19. The summed E-state index contributed by atoms with van der Waals surface area (Å²) in [4.78, 5) is 13.6. The van der Waals surface area contributed by atoms with Crippen molar-refractivity contribution >= 4 is 5.97 Å². The molecule has 0 bridgehead atoms. The van der Waals surface area contributed by atoms with Gasteiger partial charge in [0.2, 0.25) is 0 Å². The van der Waals surface area contributed by atoms with E-state index in [9.17, 15) is 14.3 Å². The van der Waals surface area contributed by atoms with E-state index in [1.165, 1.54) is 12.1 Å². The molecular formula is C21H26FNO4. The number of ether oxygens (including phenoxy) is 2. The molecule has 0 aliphatic carbocycles. The summed E-state index contributed by atoms with van der Waals surface area (Å²) in [6, 6.07) is 13.0. The molecule has 2 atom stereocenters. The minimum atomic E-state index is -0.692. The first-order chi connectivity index (χ1) is 12.9. The fraction of sp³-hybridized carbons (Fsp3) is 0.381. The monoisotopic (exact) mass is 375 g/mol. The summed E-state index contributed by atoms with van der Waals surface area (Å²) in [6.07, 6.45) is -0.692. The Kier molecular flexibility index (Phi) is 7.76. The van der Waals surface area contributed by atoms with Crippen LogP contribution < -0.4 is 4.74 Å². The zero-order valence-corrected chi connectivity index (χ0v) is 15.9. The van der Waals surface area contributed by atoms with Gasteiger partial charge in [0.25, 0.3) is 0 Å². The molecule has 1 N–H and O–H groups in total. The van der Waals surface area contributed by atoms with E-state index in [1.54, 1.807) is 43.3 Å². The molecule has 2 aromatic carbocycles. The molecule has 2 aromatic rings. The van der Waals surface area contributed by atoms with E-state index in [2.05, 4.69) is 0 Å². The SMILES string of the molecule is CCOC(=O)c1ccc(OC[C@@H](O)CN(C)[C@@H](C)c2ccc(F)cc2)cc1. The number of carbonyl (C=O) groups excluding carboxylic acids is 1. The molecular weight excluding hydrogens is 349 g/mol. The molecule has 2 rings (SSSR count). The average molecular weight is 375 g/mol. The van der Waals surface area contributed by atoms with Crippen LogP contribution >= 0.6 is 0 Å². The van der Waals surface area contributed by atoms with E-state index in [0.717, 1.165) is 5.56 Å². The van der Waals surface area contributed by atoms with Crippen LogP contribution in [0.25, 0.3) is 0 Å². The van der Waals surface area contributed by atoms with Crippen molar-refractivity contribution < 1.29 is 23.8 Å². The second-order valence-electron chi connectivity index (χ2n) is 6.38. The molecule has 0 aliphatic heterocycles. The van der Waals surface area contributed by atoms with E-state index < -0.39 is 6.10 Å². The molecule has 0 amide bonds. The molecule has 0 saturated heterocycles. The summed E-state index contributed by atoms with van der Waals surface area (Å²) in [5.41, 5.74) is 1.43. The number of carbonyl (C=O) groups is 1. The number of hydrogen-bond donors (Lipinski definition) is 1. The number of rotatable bonds is 9. The highest BCUT2D eigenvalue weighted by atomic mass is 19.1. The van der Waals surface area contributed by atoms with Crippen molar-refractivity contribution in [2.75, 3.05) is 26.8 Å². The van der Waals surface area contributed by atoms with Gasteiger partial charge in [-0.1, -0.05) is 12.1 Å². The molecule has 0 aliphatic rings. The van der Waals surface area contributed by atoms with E-state index >= 15 is 0 Å². The minimum Gasteiger partial charge on any atom is -0.491 e. The second kappa shape index (κ2) is 10.0. The number of esters is 1. The van der Waals surface area contributed by atoms with Gasteiger partial charge in [-0.05, 0) is 62.9 Å². The van der Waals surface area contributed by atoms with Crippen molar-refractivity contribution in [1.29, 1.82) is 0 Å². The van der Waals surface area contributed by atoms with Gasteiger partial charge in [0, 0.05) is 12.6 Å². The summed E-state index contributed by atoms with van der Waals surface area (Å²) < 4.78 is 23.5. The van der Waals surface area contributed by atoms with Crippen LogP contribution in [0.4, 0.5) is 4.39 Å². The highest BCUT2D eigenvalue weighted by Gasteiger charge is 2.16. The number of benzene rings is 2. The lowest BCUT2D eigenvalue weighted by molar-refractivity contribution is 0.0525. The highest BCUT2D eigenvalue weighted by molar-refractivity contribution is 5.89. The van der Waals surface area contributed by atoms with Crippen LogP contribution in [-0.2, 0) is 4.74 Å². The molecule has 0 fully saturated rings. The van der Waals surface area contributed by atoms with Crippen LogP contribution in [0, 0.1) is 5.82 Å². The van der Waals surface area contributed by atoms with Crippen molar-refractivity contribution in [2.24, 2.45) is 0 Å². The molecule has 146 valence electrons. The first-order valence-electron chi connectivity index (χ1n) is 8.94. The number of halogens is 1. The molecule has 0 spiro atoms. The van der Waals surface area contributed by atoms with Crippen LogP contribution in [0.5, 0.6) is 5.75 Å². The third-order valence-electron chi connectivity index (χ3n) is 4.32. The Bertz CT molecular complexity index is 718. The Morgan fingerprint density at radius 1 is 1.15 bits per heavy atom. The van der Waals surface area contributed by atoms with Gasteiger partial charge in [0.05, 0.1) is 12.2 Å². The molecule has 27 heavy (non-hydrogen) atoms. The van der Waals surface area contributed by atoms with Gasteiger partial charge < -0.3 is 14.6 Å². The lowest BCUT2D eigenvalue weighted by atomic mass is 10.1. The van der Waals surface area contributed by atoms with Crippen molar-refractivity contribution in [1.82, 2.24) is 4.90 Å². The predicted octanol–water partition coefficient (Wildman–Crippen LogP) is 3.44. The summed E-state index contributed by atoms with van der Waals surface area (Å²) in [7, 11) is 1.89. The van der Waals surface area contributed by atoms with Gasteiger partial charge in [-0.25, -0.2) is 9.18 Å². The number of hydrogen-bond acceptors (Lipinski definition) is 5. The van der Waals surface area contributed by atoms with Crippen LogP contribution in [0.2, 0.25) is 0 Å². The number of likely N-dealkylation sites (N-methyl/N-ethyl adjacent to an activating group) is 1. The smallest absolute Gasteiger partial charge is 0.338 e. The maximum Gasteiger partial charge on any atom is 0.338 e. The van der Waals surface area contributed by atoms with Crippen LogP contribution in [0.15, 0.2) is 48.5 Å². The first kappa shape index (κ1) is 20.9. The summed E-state index contributed by atoms with van der Waals surface area (Å²) in [6.45, 7) is 4.60. The Balaban J connectivity index is 1.82. The third kappa shape index (κ3) is 6.34. The Morgan fingerprint density at radius 3 is 2.37 bits per heavy atom. The van der Waals surface area contributed by atoms with Crippen molar-refractivity contribution in [3.8, 4) is 5.75 Å². The Hall–Kier alpha value is -2.44. The number of aliphatic hydroxyl groups excluding tert-OH is 1. The Labute approximate surface area is 159 Å². The van der Waals surface area contributed by atoms with Crippen molar-refractivity contribution in [2.45, 2.75) is 26.0 Å². The van der Waals surface area contributed by atoms with Crippen molar-refractivity contribution in [3.63, 3.8) is 0 Å². The summed E-state index contributed by atoms with van der Waals surface area (Å²) >= 11 is 0. The summed E-state index contributed by atoms with van der Waals surface area (Å²) in [5.74, 6) is -0.0761. The molecule has 0 aromatic heterocycles. The number of nitrogens with zero attached hydrogens (tertiary/aromatic N) is 1. The molecule has 0 saturated carbocycles. The van der Waals surface area contributed by atoms with E-state index in [-0.39, 0.29) is 24.4 Å². The zero-order valence-electron chi connectivity index (χ0n) is 15.9. The summed E-state index contributed by atoms with van der Waals surface area (Å²) in [5, 5.41) is 10.2. The fourth-order valence-corrected chi connectivity index (χ4v) is 2.63. The quantitative estimate of drug-likeness (QED) is 0.681. The topological polar surface area (TPSA) is 59.0 Å². The van der Waals surface area contributed by atoms with Gasteiger partial charge >= 0.3 is 5.97 Å². The molecule has 5 nitrogen and oxygen atoms in total. The average Bonchev–Trinajstić information content (AvgIpc) is 2.67. The minimum absolute atomic E-state index is 0.0316. The Morgan fingerprint density at radius 2 is 1.78 bits per heavy atom. The van der Waals surface area contributed by atoms with Gasteiger partial charge in [-0.3, -0.25) is 4.90 Å². The van der Waals surface area contributed by atoms with Gasteiger partial charge in [-0.2, -0.15) is 0 Å². The lowest BCUT2D eigenvalue weighted by Gasteiger charge is -2.27. The van der Waals surface area contributed by atoms with Gasteiger partial charge in [0.1, 0.15) is 24.3 Å². The largest absolute Gasteiger partial charge is 0.491 e. The zero-order chi connectivity index (χ0) is 19.8. The van der Waals surface area contributed by atoms with Crippen LogP contribution in [0.3, 0.4) is 0 Å². The van der Waals surface area contributed by atoms with E-state index in [4.69, 9.17) is 9.47 Å². The maximum atomic E-state index is 13.0. The number of aliphatic hydroxyl groups is 1.